The summed E-state index contributed by atoms with van der Waals surface area (Å²) in [5.41, 5.74) is 0.793. The first-order chi connectivity index (χ1) is 8.67. The Bertz CT molecular complexity index is 582. The summed E-state index contributed by atoms with van der Waals surface area (Å²) in [6.45, 7) is 2.00. The van der Waals surface area contributed by atoms with Gasteiger partial charge in [0.05, 0.1) is 18.7 Å². The highest BCUT2D eigenvalue weighted by Gasteiger charge is 2.16. The van der Waals surface area contributed by atoms with Crippen LogP contribution in [0.2, 0.25) is 0 Å². The van der Waals surface area contributed by atoms with Crippen molar-refractivity contribution >= 4 is 17.3 Å². The van der Waals surface area contributed by atoms with Gasteiger partial charge in [-0.2, -0.15) is 5.26 Å². The molecule has 0 saturated carbocycles. The van der Waals surface area contributed by atoms with Crippen LogP contribution in [0.4, 0.5) is 11.6 Å². The second kappa shape index (κ2) is 4.92. The molecular formula is C12H16N6. The lowest BCUT2D eigenvalue weighted by atomic mass is 10.2. The molecule has 1 unspecified atom stereocenters. The van der Waals surface area contributed by atoms with E-state index < -0.39 is 0 Å². The van der Waals surface area contributed by atoms with E-state index in [0.717, 1.165) is 17.3 Å². The first-order valence-corrected chi connectivity index (χ1v) is 5.78. The topological polar surface area (TPSA) is 69.2 Å². The molecule has 2 aromatic heterocycles. The van der Waals surface area contributed by atoms with Crippen molar-refractivity contribution in [1.82, 2.24) is 14.4 Å². The van der Waals surface area contributed by atoms with E-state index in [1.807, 2.05) is 42.7 Å². The van der Waals surface area contributed by atoms with Crippen LogP contribution >= 0.6 is 0 Å². The molecule has 6 nitrogen and oxygen atoms in total. The highest BCUT2D eigenvalue weighted by atomic mass is 15.2. The molecule has 18 heavy (non-hydrogen) atoms. The third kappa shape index (κ3) is 2.07. The maximum Gasteiger partial charge on any atom is 0.180 e. The minimum Gasteiger partial charge on any atom is -0.372 e. The highest BCUT2D eigenvalue weighted by Crippen LogP contribution is 2.21. The van der Waals surface area contributed by atoms with Crippen molar-refractivity contribution in [2.45, 2.75) is 19.4 Å². The molecule has 0 aromatic carbocycles. The van der Waals surface area contributed by atoms with Crippen LogP contribution in [0.1, 0.15) is 13.3 Å². The second-order valence-electron chi connectivity index (χ2n) is 4.18. The fraction of sp³-hybridized carbons (Fsp3) is 0.417. The van der Waals surface area contributed by atoms with E-state index in [0.29, 0.717) is 6.42 Å². The number of aromatic nitrogens is 3. The molecule has 0 saturated heterocycles. The van der Waals surface area contributed by atoms with Gasteiger partial charge in [0.2, 0.25) is 0 Å². The zero-order chi connectivity index (χ0) is 13.1. The van der Waals surface area contributed by atoms with Crippen molar-refractivity contribution in [3.63, 3.8) is 0 Å². The van der Waals surface area contributed by atoms with Crippen molar-refractivity contribution < 1.29 is 0 Å². The molecule has 0 amide bonds. The largest absolute Gasteiger partial charge is 0.372 e. The van der Waals surface area contributed by atoms with E-state index in [1.54, 1.807) is 6.20 Å². The van der Waals surface area contributed by atoms with Crippen LogP contribution in [0.5, 0.6) is 0 Å². The van der Waals surface area contributed by atoms with Gasteiger partial charge in [-0.3, -0.25) is 0 Å². The van der Waals surface area contributed by atoms with E-state index in [2.05, 4.69) is 21.4 Å². The monoisotopic (exact) mass is 244 g/mol. The van der Waals surface area contributed by atoms with Gasteiger partial charge in [-0.1, -0.05) is 0 Å². The number of nitrogens with zero attached hydrogens (tertiary/aromatic N) is 5. The van der Waals surface area contributed by atoms with Crippen LogP contribution in [-0.2, 0) is 0 Å². The molecule has 0 radical (unpaired) electrons. The lowest BCUT2D eigenvalue weighted by Gasteiger charge is -2.24. The number of nitrogens with one attached hydrogen (secondary N) is 1. The molecule has 0 aliphatic heterocycles. The van der Waals surface area contributed by atoms with Gasteiger partial charge in [-0.25, -0.2) is 9.97 Å². The molecule has 0 bridgehead atoms. The average Bonchev–Trinajstić information content (AvgIpc) is 2.84. The number of nitriles is 1. The van der Waals surface area contributed by atoms with E-state index >= 15 is 0 Å². The Morgan fingerprint density at radius 2 is 2.39 bits per heavy atom. The van der Waals surface area contributed by atoms with E-state index in [1.165, 1.54) is 0 Å². The summed E-state index contributed by atoms with van der Waals surface area (Å²) in [5, 5.41) is 11.8. The number of anilines is 2. The van der Waals surface area contributed by atoms with Crippen molar-refractivity contribution in [2.24, 2.45) is 0 Å². The van der Waals surface area contributed by atoms with Gasteiger partial charge in [0.15, 0.2) is 11.5 Å². The number of fused-ring (bicyclic) bond motifs is 1. The van der Waals surface area contributed by atoms with Crippen LogP contribution in [0.3, 0.4) is 0 Å². The lowest BCUT2D eigenvalue weighted by Crippen LogP contribution is -2.30. The van der Waals surface area contributed by atoms with Gasteiger partial charge in [0.1, 0.15) is 5.82 Å². The quantitative estimate of drug-likeness (QED) is 0.882. The summed E-state index contributed by atoms with van der Waals surface area (Å²) >= 11 is 0. The molecule has 2 rings (SSSR count). The fourth-order valence-electron chi connectivity index (χ4n) is 1.75. The molecule has 1 N–H and O–H groups in total. The molecule has 94 valence electrons. The zero-order valence-corrected chi connectivity index (χ0v) is 10.8. The molecule has 1 atom stereocenters. The van der Waals surface area contributed by atoms with E-state index in [4.69, 9.17) is 5.26 Å². The Morgan fingerprint density at radius 3 is 3.06 bits per heavy atom. The Morgan fingerprint density at radius 1 is 1.61 bits per heavy atom. The van der Waals surface area contributed by atoms with Crippen LogP contribution in [0, 0.1) is 11.3 Å². The Hall–Kier alpha value is -2.29. The number of hydrogen-bond donors (Lipinski definition) is 1. The number of hydrogen-bond acceptors (Lipinski definition) is 5. The van der Waals surface area contributed by atoms with Gasteiger partial charge in [0.25, 0.3) is 0 Å². The Balaban J connectivity index is 2.48. The maximum atomic E-state index is 8.78. The second-order valence-corrected chi connectivity index (χ2v) is 4.18. The first-order valence-electron chi connectivity index (χ1n) is 5.78. The average molecular weight is 244 g/mol. The molecule has 2 aromatic rings. The predicted octanol–water partition coefficient (Wildman–Crippen LogP) is 1.51. The minimum atomic E-state index is 0.0927. The number of rotatable bonds is 4. The normalized spacial score (nSPS) is 12.1. The smallest absolute Gasteiger partial charge is 0.180 e. The summed E-state index contributed by atoms with van der Waals surface area (Å²) < 4.78 is 1.92. The third-order valence-electron chi connectivity index (χ3n) is 2.99. The molecule has 6 heteroatoms. The molecular weight excluding hydrogens is 228 g/mol. The Labute approximate surface area is 106 Å². The van der Waals surface area contributed by atoms with Crippen molar-refractivity contribution in [1.29, 1.82) is 5.26 Å². The van der Waals surface area contributed by atoms with Crippen LogP contribution < -0.4 is 10.2 Å². The zero-order valence-electron chi connectivity index (χ0n) is 10.8. The van der Waals surface area contributed by atoms with Gasteiger partial charge in [0, 0.05) is 32.5 Å². The Kier molecular flexibility index (Phi) is 3.33. The summed E-state index contributed by atoms with van der Waals surface area (Å²) in [6.07, 6.45) is 5.95. The van der Waals surface area contributed by atoms with Crippen molar-refractivity contribution in [2.75, 3.05) is 24.3 Å². The standard InChI is InChI=1S/C12H16N6/c1-9(4-5-13)17(3)12-11-15-6-7-18(11)8-10(14-2)16-12/h6-9,14H,4H2,1-3H3. The fourth-order valence-corrected chi connectivity index (χ4v) is 1.75. The van der Waals surface area contributed by atoms with Gasteiger partial charge >= 0.3 is 0 Å². The van der Waals surface area contributed by atoms with Crippen LogP contribution in [-0.4, -0.2) is 34.5 Å². The molecule has 0 aliphatic rings. The van der Waals surface area contributed by atoms with Gasteiger partial charge in [-0.15, -0.1) is 0 Å². The van der Waals surface area contributed by atoms with Gasteiger partial charge < -0.3 is 14.6 Å². The molecule has 0 fully saturated rings. The van der Waals surface area contributed by atoms with Crippen molar-refractivity contribution in [3.8, 4) is 6.07 Å². The maximum absolute atomic E-state index is 8.78. The highest BCUT2D eigenvalue weighted by molar-refractivity contribution is 5.66. The summed E-state index contributed by atoms with van der Waals surface area (Å²) in [4.78, 5) is 10.8. The first kappa shape index (κ1) is 12.2. The van der Waals surface area contributed by atoms with Crippen LogP contribution in [0.25, 0.3) is 5.65 Å². The summed E-state index contributed by atoms with van der Waals surface area (Å²) in [5.74, 6) is 1.54. The van der Waals surface area contributed by atoms with Crippen LogP contribution in [0.15, 0.2) is 18.6 Å². The van der Waals surface area contributed by atoms with Gasteiger partial charge in [-0.05, 0) is 6.92 Å². The SMILES string of the molecule is CNc1cn2ccnc2c(N(C)C(C)CC#N)n1. The van der Waals surface area contributed by atoms with E-state index in [9.17, 15) is 0 Å². The molecule has 0 aliphatic carbocycles. The van der Waals surface area contributed by atoms with E-state index in [-0.39, 0.29) is 6.04 Å². The summed E-state index contributed by atoms with van der Waals surface area (Å²) in [6, 6.07) is 2.27. The minimum absolute atomic E-state index is 0.0927. The summed E-state index contributed by atoms with van der Waals surface area (Å²) in [7, 11) is 3.76. The third-order valence-corrected chi connectivity index (χ3v) is 2.99. The lowest BCUT2D eigenvalue weighted by molar-refractivity contribution is 0.694. The predicted molar refractivity (Wildman–Crippen MR) is 70.6 cm³/mol. The number of imidazole rings is 1. The molecule has 0 spiro atoms. The van der Waals surface area contributed by atoms with Crippen molar-refractivity contribution in [3.05, 3.63) is 18.6 Å². The molecule has 2 heterocycles.